The maximum absolute atomic E-state index is 11.4. The van der Waals surface area contributed by atoms with Gasteiger partial charge in [0.25, 0.3) is 0 Å². The van der Waals surface area contributed by atoms with Crippen molar-refractivity contribution < 1.29 is 9.53 Å². The van der Waals surface area contributed by atoms with Gasteiger partial charge in [-0.1, -0.05) is 32.9 Å². The van der Waals surface area contributed by atoms with E-state index in [1.54, 1.807) is 7.11 Å². The Morgan fingerprint density at radius 2 is 1.95 bits per heavy atom. The highest BCUT2D eigenvalue weighted by Crippen LogP contribution is 2.27. The van der Waals surface area contributed by atoms with Gasteiger partial charge in [0, 0.05) is 13.1 Å². The summed E-state index contributed by atoms with van der Waals surface area (Å²) in [6, 6.07) is 6.12. The Bertz CT molecular complexity index is 430. The van der Waals surface area contributed by atoms with Crippen LogP contribution in [0.15, 0.2) is 18.2 Å². The van der Waals surface area contributed by atoms with Gasteiger partial charge in [-0.15, -0.1) is 0 Å². The van der Waals surface area contributed by atoms with Crippen molar-refractivity contribution in [2.45, 2.75) is 39.5 Å². The van der Waals surface area contributed by atoms with E-state index < -0.39 is 0 Å². The predicted octanol–water partition coefficient (Wildman–Crippen LogP) is 3.07. The van der Waals surface area contributed by atoms with Gasteiger partial charge in [-0.3, -0.25) is 0 Å². The molecule has 0 aliphatic heterocycles. The van der Waals surface area contributed by atoms with E-state index in [2.05, 4.69) is 36.6 Å². The molecule has 0 aliphatic rings. The monoisotopic (exact) mass is 278 g/mol. The molecule has 0 radical (unpaired) electrons. The van der Waals surface area contributed by atoms with E-state index in [9.17, 15) is 4.79 Å². The van der Waals surface area contributed by atoms with Gasteiger partial charge in [0.15, 0.2) is 0 Å². The minimum atomic E-state index is -0.0931. The fourth-order valence-corrected chi connectivity index (χ4v) is 2.01. The molecule has 1 aromatic rings. The zero-order chi connectivity index (χ0) is 15.0. The average Bonchev–Trinajstić information content (AvgIpc) is 2.44. The molecule has 0 unspecified atom stereocenters. The maximum atomic E-state index is 11.4. The molecule has 1 aromatic carbocycles. The Morgan fingerprint density at radius 1 is 1.25 bits per heavy atom. The number of urea groups is 1. The summed E-state index contributed by atoms with van der Waals surface area (Å²) in [5.41, 5.74) is 2.42. The smallest absolute Gasteiger partial charge is 0.314 e. The van der Waals surface area contributed by atoms with Gasteiger partial charge in [0.2, 0.25) is 0 Å². The van der Waals surface area contributed by atoms with Crippen LogP contribution in [0.4, 0.5) is 4.79 Å². The molecule has 0 bridgehead atoms. The summed E-state index contributed by atoms with van der Waals surface area (Å²) in [6.45, 7) is 7.69. The third kappa shape index (κ3) is 5.11. The van der Waals surface area contributed by atoms with Crippen LogP contribution in [0.5, 0.6) is 5.75 Å². The lowest BCUT2D eigenvalue weighted by Gasteiger charge is -2.14. The second-order valence-corrected chi connectivity index (χ2v) is 5.16. The fourth-order valence-electron chi connectivity index (χ4n) is 2.01. The first kappa shape index (κ1) is 16.3. The number of benzene rings is 1. The Kier molecular flexibility index (Phi) is 6.91. The van der Waals surface area contributed by atoms with E-state index >= 15 is 0 Å². The lowest BCUT2D eigenvalue weighted by Crippen LogP contribution is -2.36. The zero-order valence-corrected chi connectivity index (χ0v) is 13.0. The van der Waals surface area contributed by atoms with Gasteiger partial charge < -0.3 is 15.4 Å². The summed E-state index contributed by atoms with van der Waals surface area (Å²) in [5, 5.41) is 5.66. The number of nitrogens with one attached hydrogen (secondary N) is 2. The normalized spacial score (nSPS) is 10.4. The van der Waals surface area contributed by atoms with Crippen molar-refractivity contribution >= 4 is 6.03 Å². The summed E-state index contributed by atoms with van der Waals surface area (Å²) in [4.78, 5) is 11.4. The molecule has 112 valence electrons. The molecule has 0 heterocycles. The number of methoxy groups -OCH3 is 1. The van der Waals surface area contributed by atoms with E-state index in [0.717, 1.165) is 18.6 Å². The summed E-state index contributed by atoms with van der Waals surface area (Å²) in [7, 11) is 1.69. The highest BCUT2D eigenvalue weighted by Gasteiger charge is 2.08. The average molecular weight is 278 g/mol. The quantitative estimate of drug-likeness (QED) is 0.805. The van der Waals surface area contributed by atoms with E-state index in [1.807, 2.05) is 13.0 Å². The second kappa shape index (κ2) is 8.46. The van der Waals surface area contributed by atoms with Crippen LogP contribution in [0, 0.1) is 0 Å². The number of ether oxygens (including phenoxy) is 1. The Hall–Kier alpha value is -1.71. The van der Waals surface area contributed by atoms with Gasteiger partial charge in [-0.25, -0.2) is 4.79 Å². The van der Waals surface area contributed by atoms with Crippen LogP contribution in [-0.4, -0.2) is 26.2 Å². The van der Waals surface area contributed by atoms with Gasteiger partial charge in [-0.2, -0.15) is 0 Å². The van der Waals surface area contributed by atoms with Crippen LogP contribution >= 0.6 is 0 Å². The highest BCUT2D eigenvalue weighted by molar-refractivity contribution is 5.73. The van der Waals surface area contributed by atoms with Crippen molar-refractivity contribution in [3.8, 4) is 5.75 Å². The van der Waals surface area contributed by atoms with Crippen molar-refractivity contribution in [1.82, 2.24) is 10.6 Å². The van der Waals surface area contributed by atoms with Crippen molar-refractivity contribution in [1.29, 1.82) is 0 Å². The number of rotatable bonds is 7. The van der Waals surface area contributed by atoms with Crippen LogP contribution in [0.3, 0.4) is 0 Å². The van der Waals surface area contributed by atoms with Crippen LogP contribution in [0.25, 0.3) is 0 Å². The van der Waals surface area contributed by atoms with Crippen LogP contribution in [-0.2, 0) is 6.42 Å². The van der Waals surface area contributed by atoms with Crippen molar-refractivity contribution in [2.24, 2.45) is 0 Å². The molecule has 2 amide bonds. The van der Waals surface area contributed by atoms with Crippen molar-refractivity contribution in [2.75, 3.05) is 20.2 Å². The first-order valence-corrected chi connectivity index (χ1v) is 7.27. The van der Waals surface area contributed by atoms with Crippen LogP contribution in [0.2, 0.25) is 0 Å². The minimum absolute atomic E-state index is 0.0931. The third-order valence-corrected chi connectivity index (χ3v) is 3.15. The van der Waals surface area contributed by atoms with Crippen molar-refractivity contribution in [3.63, 3.8) is 0 Å². The molecule has 20 heavy (non-hydrogen) atoms. The second-order valence-electron chi connectivity index (χ2n) is 5.16. The maximum Gasteiger partial charge on any atom is 0.314 e. The summed E-state index contributed by atoms with van der Waals surface area (Å²) in [6.07, 6.45) is 1.77. The van der Waals surface area contributed by atoms with E-state index in [4.69, 9.17) is 4.74 Å². The lowest BCUT2D eigenvalue weighted by molar-refractivity contribution is 0.241. The Morgan fingerprint density at radius 3 is 2.55 bits per heavy atom. The summed E-state index contributed by atoms with van der Waals surface area (Å²) in [5.74, 6) is 1.35. The molecule has 0 spiro atoms. The van der Waals surface area contributed by atoms with Crippen LogP contribution in [0.1, 0.15) is 44.2 Å². The molecule has 0 saturated carbocycles. The lowest BCUT2D eigenvalue weighted by atomic mass is 9.98. The van der Waals surface area contributed by atoms with Gasteiger partial charge >= 0.3 is 6.03 Å². The van der Waals surface area contributed by atoms with E-state index in [1.165, 1.54) is 11.1 Å². The molecule has 0 aromatic heterocycles. The number of amides is 2. The first-order valence-electron chi connectivity index (χ1n) is 7.27. The summed E-state index contributed by atoms with van der Waals surface area (Å²) < 4.78 is 5.37. The largest absolute Gasteiger partial charge is 0.496 e. The molecule has 0 saturated heterocycles. The first-order chi connectivity index (χ1) is 9.58. The number of carbonyl (C=O) groups excluding carboxylic acids is 1. The van der Waals surface area contributed by atoms with Gasteiger partial charge in [-0.05, 0) is 36.0 Å². The Labute approximate surface area is 121 Å². The van der Waals surface area contributed by atoms with Crippen molar-refractivity contribution in [3.05, 3.63) is 29.3 Å². The molecule has 2 N–H and O–H groups in total. The van der Waals surface area contributed by atoms with Gasteiger partial charge in [0.05, 0.1) is 7.11 Å². The molecule has 4 nitrogen and oxygen atoms in total. The van der Waals surface area contributed by atoms with Gasteiger partial charge in [0.1, 0.15) is 5.75 Å². The highest BCUT2D eigenvalue weighted by atomic mass is 16.5. The van der Waals surface area contributed by atoms with E-state index in [0.29, 0.717) is 19.0 Å². The zero-order valence-electron chi connectivity index (χ0n) is 13.0. The standard InChI is InChI=1S/C16H26N2O2/c1-5-9-17-16(19)18-10-8-13-6-7-15(20-4)14(11-13)12(2)3/h6-7,11-12H,5,8-10H2,1-4H3,(H2,17,18,19). The molecule has 1 rings (SSSR count). The fraction of sp³-hybridized carbons (Fsp3) is 0.562. The topological polar surface area (TPSA) is 50.4 Å². The number of hydrogen-bond donors (Lipinski definition) is 2. The van der Waals surface area contributed by atoms with Crippen LogP contribution < -0.4 is 15.4 Å². The Balaban J connectivity index is 2.52. The third-order valence-electron chi connectivity index (χ3n) is 3.15. The van der Waals surface area contributed by atoms with E-state index in [-0.39, 0.29) is 6.03 Å². The molecule has 4 heteroatoms. The summed E-state index contributed by atoms with van der Waals surface area (Å²) >= 11 is 0. The SMILES string of the molecule is CCCNC(=O)NCCc1ccc(OC)c(C(C)C)c1. The molecule has 0 aliphatic carbocycles. The molecular weight excluding hydrogens is 252 g/mol. The minimum Gasteiger partial charge on any atom is -0.496 e. The molecule has 0 fully saturated rings. The molecule has 0 atom stereocenters. The number of hydrogen-bond acceptors (Lipinski definition) is 2. The number of carbonyl (C=O) groups is 1. The molecular formula is C16H26N2O2. The predicted molar refractivity (Wildman–Crippen MR) is 82.5 cm³/mol.